The summed E-state index contributed by atoms with van der Waals surface area (Å²) in [6.07, 6.45) is 0. The van der Waals surface area contributed by atoms with Crippen LogP contribution in [0.25, 0.3) is 10.8 Å². The third-order valence-electron chi connectivity index (χ3n) is 2.74. The minimum Gasteiger partial charge on any atom is -0.395 e. The summed E-state index contributed by atoms with van der Waals surface area (Å²) < 4.78 is 0. The van der Waals surface area contributed by atoms with E-state index in [-0.39, 0.29) is 12.6 Å². The lowest BCUT2D eigenvalue weighted by atomic mass is 10.1. The largest absolute Gasteiger partial charge is 0.395 e. The lowest BCUT2D eigenvalue weighted by Gasteiger charge is -2.10. The van der Waals surface area contributed by atoms with Crippen LogP contribution in [0.5, 0.6) is 0 Å². The molecule has 0 bridgehead atoms. The molecule has 0 fully saturated rings. The first-order valence-corrected chi connectivity index (χ1v) is 5.61. The molecular weight excluding hydrogens is 198 g/mol. The number of hydrogen-bond donors (Lipinski definition) is 2. The standard InChI is InChI=1S/C14H17NO/c1-11(10-16)15-9-12-6-7-13-4-2-3-5-14(13)8-12/h2-8,11,15-16H,9-10H2,1H3/t11-/m1/s1. The van der Waals surface area contributed by atoms with Crippen LogP contribution in [0.1, 0.15) is 12.5 Å². The Bertz CT molecular complexity index is 467. The van der Waals surface area contributed by atoms with Crippen LogP contribution < -0.4 is 5.32 Å². The highest BCUT2D eigenvalue weighted by Gasteiger charge is 1.99. The van der Waals surface area contributed by atoms with Gasteiger partial charge in [-0.1, -0.05) is 36.4 Å². The fourth-order valence-electron chi connectivity index (χ4n) is 1.71. The molecule has 0 radical (unpaired) electrons. The Morgan fingerprint density at radius 3 is 2.62 bits per heavy atom. The topological polar surface area (TPSA) is 32.3 Å². The SMILES string of the molecule is C[C@H](CO)NCc1ccc2ccccc2c1. The molecule has 84 valence electrons. The summed E-state index contributed by atoms with van der Waals surface area (Å²) in [5, 5.41) is 14.7. The minimum absolute atomic E-state index is 0.145. The highest BCUT2D eigenvalue weighted by Crippen LogP contribution is 2.15. The number of fused-ring (bicyclic) bond motifs is 1. The van der Waals surface area contributed by atoms with E-state index in [0.29, 0.717) is 0 Å². The van der Waals surface area contributed by atoms with Crippen LogP contribution in [0, 0.1) is 0 Å². The van der Waals surface area contributed by atoms with Crippen LogP contribution >= 0.6 is 0 Å². The average molecular weight is 215 g/mol. The van der Waals surface area contributed by atoms with E-state index >= 15 is 0 Å². The Kier molecular flexibility index (Phi) is 3.54. The molecule has 2 N–H and O–H groups in total. The molecule has 0 aromatic heterocycles. The van der Waals surface area contributed by atoms with E-state index < -0.39 is 0 Å². The van der Waals surface area contributed by atoms with Crippen molar-refractivity contribution in [2.24, 2.45) is 0 Å². The van der Waals surface area contributed by atoms with E-state index in [2.05, 4.69) is 41.7 Å². The highest BCUT2D eigenvalue weighted by molar-refractivity contribution is 5.82. The van der Waals surface area contributed by atoms with E-state index in [1.807, 2.05) is 13.0 Å². The average Bonchev–Trinajstić information content (AvgIpc) is 2.35. The van der Waals surface area contributed by atoms with Gasteiger partial charge in [-0.3, -0.25) is 0 Å². The van der Waals surface area contributed by atoms with Gasteiger partial charge in [0.15, 0.2) is 0 Å². The first-order chi connectivity index (χ1) is 7.79. The van der Waals surface area contributed by atoms with Crippen molar-refractivity contribution in [2.45, 2.75) is 19.5 Å². The summed E-state index contributed by atoms with van der Waals surface area (Å²) in [5.41, 5.74) is 1.25. The van der Waals surface area contributed by atoms with Gasteiger partial charge in [-0.15, -0.1) is 0 Å². The third-order valence-corrected chi connectivity index (χ3v) is 2.74. The lowest BCUT2D eigenvalue weighted by molar-refractivity contribution is 0.251. The lowest BCUT2D eigenvalue weighted by Crippen LogP contribution is -2.28. The Morgan fingerprint density at radius 1 is 1.12 bits per heavy atom. The number of hydrogen-bond acceptors (Lipinski definition) is 2. The Morgan fingerprint density at radius 2 is 1.88 bits per heavy atom. The van der Waals surface area contributed by atoms with Crippen molar-refractivity contribution in [1.82, 2.24) is 5.32 Å². The molecule has 0 unspecified atom stereocenters. The van der Waals surface area contributed by atoms with Crippen molar-refractivity contribution >= 4 is 10.8 Å². The van der Waals surface area contributed by atoms with Crippen LogP contribution in [-0.2, 0) is 6.54 Å². The summed E-state index contributed by atoms with van der Waals surface area (Å²) in [6.45, 7) is 2.95. The molecule has 16 heavy (non-hydrogen) atoms. The van der Waals surface area contributed by atoms with Gasteiger partial charge < -0.3 is 10.4 Å². The van der Waals surface area contributed by atoms with E-state index in [4.69, 9.17) is 5.11 Å². The molecular formula is C14H17NO. The summed E-state index contributed by atoms with van der Waals surface area (Å²) >= 11 is 0. The maximum atomic E-state index is 8.92. The molecule has 0 aliphatic heterocycles. The molecule has 2 rings (SSSR count). The predicted molar refractivity (Wildman–Crippen MR) is 67.3 cm³/mol. The zero-order valence-corrected chi connectivity index (χ0v) is 9.48. The van der Waals surface area contributed by atoms with E-state index in [9.17, 15) is 0 Å². The van der Waals surface area contributed by atoms with Crippen LogP contribution in [0.4, 0.5) is 0 Å². The zero-order chi connectivity index (χ0) is 11.4. The van der Waals surface area contributed by atoms with Crippen molar-refractivity contribution in [3.63, 3.8) is 0 Å². The fourth-order valence-corrected chi connectivity index (χ4v) is 1.71. The molecule has 0 amide bonds. The Labute approximate surface area is 95.9 Å². The molecule has 2 nitrogen and oxygen atoms in total. The summed E-state index contributed by atoms with van der Waals surface area (Å²) in [6, 6.07) is 14.9. The Hall–Kier alpha value is -1.38. The highest BCUT2D eigenvalue weighted by atomic mass is 16.3. The van der Waals surface area contributed by atoms with Gasteiger partial charge >= 0.3 is 0 Å². The second-order valence-corrected chi connectivity index (χ2v) is 4.15. The van der Waals surface area contributed by atoms with Crippen molar-refractivity contribution < 1.29 is 5.11 Å². The van der Waals surface area contributed by atoms with Gasteiger partial charge in [0.05, 0.1) is 6.61 Å². The molecule has 0 saturated heterocycles. The van der Waals surface area contributed by atoms with E-state index in [0.717, 1.165) is 6.54 Å². The molecule has 0 spiro atoms. The molecule has 0 aliphatic carbocycles. The minimum atomic E-state index is 0.145. The van der Waals surface area contributed by atoms with Crippen molar-refractivity contribution in [3.05, 3.63) is 48.0 Å². The molecule has 0 heterocycles. The second-order valence-electron chi connectivity index (χ2n) is 4.15. The number of nitrogens with one attached hydrogen (secondary N) is 1. The third kappa shape index (κ3) is 2.60. The number of rotatable bonds is 4. The number of benzene rings is 2. The molecule has 0 aliphatic rings. The predicted octanol–water partition coefficient (Wildman–Crippen LogP) is 2.31. The molecule has 2 aromatic carbocycles. The van der Waals surface area contributed by atoms with Crippen LogP contribution in [0.2, 0.25) is 0 Å². The first kappa shape index (κ1) is 11.1. The fraction of sp³-hybridized carbons (Fsp3) is 0.286. The van der Waals surface area contributed by atoms with Crippen molar-refractivity contribution in [2.75, 3.05) is 6.61 Å². The molecule has 2 heteroatoms. The van der Waals surface area contributed by atoms with Gasteiger partial charge in [0, 0.05) is 12.6 Å². The van der Waals surface area contributed by atoms with Crippen LogP contribution in [0.15, 0.2) is 42.5 Å². The zero-order valence-electron chi connectivity index (χ0n) is 9.48. The normalized spacial score (nSPS) is 12.9. The number of aliphatic hydroxyl groups is 1. The van der Waals surface area contributed by atoms with Gasteiger partial charge in [0.2, 0.25) is 0 Å². The van der Waals surface area contributed by atoms with Gasteiger partial charge in [0.1, 0.15) is 0 Å². The van der Waals surface area contributed by atoms with Gasteiger partial charge in [-0.2, -0.15) is 0 Å². The molecule has 1 atom stereocenters. The van der Waals surface area contributed by atoms with E-state index in [1.54, 1.807) is 0 Å². The van der Waals surface area contributed by atoms with Crippen molar-refractivity contribution in [1.29, 1.82) is 0 Å². The van der Waals surface area contributed by atoms with Crippen LogP contribution in [0.3, 0.4) is 0 Å². The first-order valence-electron chi connectivity index (χ1n) is 5.61. The Balaban J connectivity index is 2.13. The van der Waals surface area contributed by atoms with Gasteiger partial charge in [-0.05, 0) is 29.3 Å². The molecule has 2 aromatic rings. The van der Waals surface area contributed by atoms with Crippen LogP contribution in [-0.4, -0.2) is 17.8 Å². The van der Waals surface area contributed by atoms with Gasteiger partial charge in [0.25, 0.3) is 0 Å². The summed E-state index contributed by atoms with van der Waals surface area (Å²) in [5.74, 6) is 0. The number of aliphatic hydroxyl groups excluding tert-OH is 1. The van der Waals surface area contributed by atoms with Crippen molar-refractivity contribution in [3.8, 4) is 0 Å². The smallest absolute Gasteiger partial charge is 0.0582 e. The quantitative estimate of drug-likeness (QED) is 0.820. The molecule has 0 saturated carbocycles. The second kappa shape index (κ2) is 5.10. The monoisotopic (exact) mass is 215 g/mol. The van der Waals surface area contributed by atoms with E-state index in [1.165, 1.54) is 16.3 Å². The summed E-state index contributed by atoms with van der Waals surface area (Å²) in [7, 11) is 0. The van der Waals surface area contributed by atoms with Gasteiger partial charge in [-0.25, -0.2) is 0 Å². The summed E-state index contributed by atoms with van der Waals surface area (Å²) in [4.78, 5) is 0. The maximum Gasteiger partial charge on any atom is 0.0582 e. The maximum absolute atomic E-state index is 8.92.